The number of rotatable bonds is 5. The lowest BCUT2D eigenvalue weighted by atomic mass is 10.1. The molecule has 0 spiro atoms. The standard InChI is InChI=1S/C21H21N3O/c1-15-6-12-18(13-7-15)23-14-16-8-10-17(11-9-16)21(25)24-20-5-3-2-4-19(20)22/h2-13,23H,14,22H2,1H3,(H,24,25). The fourth-order valence-electron chi connectivity index (χ4n) is 2.45. The molecule has 3 aromatic carbocycles. The Bertz CT molecular complexity index is 855. The predicted octanol–water partition coefficient (Wildman–Crippen LogP) is 4.44. The van der Waals surface area contributed by atoms with Crippen LogP contribution in [0.2, 0.25) is 0 Å². The molecule has 0 saturated heterocycles. The number of carbonyl (C=O) groups excluding carboxylic acids is 1. The number of anilines is 3. The van der Waals surface area contributed by atoms with Crippen molar-refractivity contribution < 1.29 is 4.79 Å². The molecule has 4 N–H and O–H groups in total. The summed E-state index contributed by atoms with van der Waals surface area (Å²) in [5.74, 6) is -0.170. The van der Waals surface area contributed by atoms with Crippen molar-refractivity contribution in [3.05, 3.63) is 89.5 Å². The van der Waals surface area contributed by atoms with Crippen molar-refractivity contribution in [1.82, 2.24) is 0 Å². The van der Waals surface area contributed by atoms with Gasteiger partial charge >= 0.3 is 0 Å². The molecule has 1 amide bonds. The van der Waals surface area contributed by atoms with E-state index >= 15 is 0 Å². The molecular formula is C21H21N3O. The Morgan fingerprint density at radius 1 is 0.920 bits per heavy atom. The monoisotopic (exact) mass is 331 g/mol. The van der Waals surface area contributed by atoms with Crippen LogP contribution >= 0.6 is 0 Å². The minimum Gasteiger partial charge on any atom is -0.397 e. The Labute approximate surface area is 147 Å². The first-order valence-electron chi connectivity index (χ1n) is 8.17. The lowest BCUT2D eigenvalue weighted by Crippen LogP contribution is -2.13. The van der Waals surface area contributed by atoms with Gasteiger partial charge in [-0.25, -0.2) is 0 Å². The molecule has 0 saturated carbocycles. The maximum Gasteiger partial charge on any atom is 0.255 e. The van der Waals surface area contributed by atoms with Crippen LogP contribution < -0.4 is 16.4 Å². The van der Waals surface area contributed by atoms with E-state index in [0.29, 0.717) is 23.5 Å². The Hall–Kier alpha value is -3.27. The molecule has 0 fully saturated rings. The lowest BCUT2D eigenvalue weighted by molar-refractivity contribution is 0.102. The van der Waals surface area contributed by atoms with Crippen LogP contribution in [0, 0.1) is 6.92 Å². The van der Waals surface area contributed by atoms with E-state index < -0.39 is 0 Å². The summed E-state index contributed by atoms with van der Waals surface area (Å²) in [7, 11) is 0. The van der Waals surface area contributed by atoms with E-state index in [4.69, 9.17) is 5.73 Å². The molecular weight excluding hydrogens is 310 g/mol. The van der Waals surface area contributed by atoms with Crippen molar-refractivity contribution in [1.29, 1.82) is 0 Å². The number of nitrogen functional groups attached to an aromatic ring is 1. The first-order valence-corrected chi connectivity index (χ1v) is 8.17. The van der Waals surface area contributed by atoms with Crippen LogP contribution in [0.3, 0.4) is 0 Å². The predicted molar refractivity (Wildman–Crippen MR) is 104 cm³/mol. The number of benzene rings is 3. The lowest BCUT2D eigenvalue weighted by Gasteiger charge is -2.09. The van der Waals surface area contributed by atoms with Gasteiger partial charge in [0.05, 0.1) is 11.4 Å². The zero-order chi connectivity index (χ0) is 17.6. The van der Waals surface area contributed by atoms with Gasteiger partial charge in [-0.15, -0.1) is 0 Å². The minimum atomic E-state index is -0.170. The van der Waals surface area contributed by atoms with Crippen LogP contribution in [0.25, 0.3) is 0 Å². The highest BCUT2D eigenvalue weighted by atomic mass is 16.1. The number of nitrogens with one attached hydrogen (secondary N) is 2. The molecule has 126 valence electrons. The normalized spacial score (nSPS) is 10.3. The van der Waals surface area contributed by atoms with Crippen LogP contribution in [0.4, 0.5) is 17.1 Å². The highest BCUT2D eigenvalue weighted by Gasteiger charge is 2.07. The summed E-state index contributed by atoms with van der Waals surface area (Å²) >= 11 is 0. The number of carbonyl (C=O) groups is 1. The topological polar surface area (TPSA) is 67.2 Å². The molecule has 0 bridgehead atoms. The highest BCUT2D eigenvalue weighted by molar-refractivity contribution is 6.05. The van der Waals surface area contributed by atoms with E-state index in [9.17, 15) is 4.79 Å². The number of hydrogen-bond donors (Lipinski definition) is 3. The van der Waals surface area contributed by atoms with E-state index in [2.05, 4.69) is 41.8 Å². The molecule has 3 aromatic rings. The summed E-state index contributed by atoms with van der Waals surface area (Å²) in [6.07, 6.45) is 0. The molecule has 0 atom stereocenters. The molecule has 0 radical (unpaired) electrons. The summed E-state index contributed by atoms with van der Waals surface area (Å²) < 4.78 is 0. The van der Waals surface area contributed by atoms with Gasteiger partial charge in [-0.05, 0) is 48.9 Å². The molecule has 0 aliphatic carbocycles. The molecule has 25 heavy (non-hydrogen) atoms. The maximum absolute atomic E-state index is 12.3. The van der Waals surface area contributed by atoms with Crippen molar-refractivity contribution in [2.75, 3.05) is 16.4 Å². The summed E-state index contributed by atoms with van der Waals surface area (Å²) in [4.78, 5) is 12.3. The molecule has 0 aliphatic rings. The number of amides is 1. The van der Waals surface area contributed by atoms with Gasteiger partial charge in [0, 0.05) is 17.8 Å². The number of nitrogens with two attached hydrogens (primary N) is 1. The highest BCUT2D eigenvalue weighted by Crippen LogP contribution is 2.18. The van der Waals surface area contributed by atoms with Gasteiger partial charge < -0.3 is 16.4 Å². The van der Waals surface area contributed by atoms with Crippen molar-refractivity contribution in [2.24, 2.45) is 0 Å². The first-order chi connectivity index (χ1) is 12.1. The van der Waals surface area contributed by atoms with Crippen LogP contribution in [-0.4, -0.2) is 5.91 Å². The molecule has 4 heteroatoms. The second kappa shape index (κ2) is 7.53. The van der Waals surface area contributed by atoms with Crippen LogP contribution in [-0.2, 0) is 6.54 Å². The van der Waals surface area contributed by atoms with Gasteiger partial charge in [0.1, 0.15) is 0 Å². The minimum absolute atomic E-state index is 0.170. The molecule has 0 unspecified atom stereocenters. The zero-order valence-electron chi connectivity index (χ0n) is 14.1. The van der Waals surface area contributed by atoms with Gasteiger partial charge in [0.15, 0.2) is 0 Å². The van der Waals surface area contributed by atoms with Gasteiger partial charge in [0.2, 0.25) is 0 Å². The van der Waals surface area contributed by atoms with Gasteiger partial charge in [-0.1, -0.05) is 42.0 Å². The average Bonchev–Trinajstić information content (AvgIpc) is 2.63. The quantitative estimate of drug-likeness (QED) is 0.605. The Balaban J connectivity index is 1.60. The second-order valence-electron chi connectivity index (χ2n) is 5.96. The third kappa shape index (κ3) is 4.38. The first kappa shape index (κ1) is 16.6. The summed E-state index contributed by atoms with van der Waals surface area (Å²) in [6.45, 7) is 2.77. The number of para-hydroxylation sites is 2. The van der Waals surface area contributed by atoms with Crippen LogP contribution in [0.1, 0.15) is 21.5 Å². The van der Waals surface area contributed by atoms with Crippen LogP contribution in [0.15, 0.2) is 72.8 Å². The van der Waals surface area contributed by atoms with E-state index in [1.54, 1.807) is 12.1 Å². The van der Waals surface area contributed by atoms with Crippen molar-refractivity contribution in [3.63, 3.8) is 0 Å². The molecule has 3 rings (SSSR count). The summed E-state index contributed by atoms with van der Waals surface area (Å²) in [6, 6.07) is 23.0. The number of aryl methyl sites for hydroxylation is 1. The smallest absolute Gasteiger partial charge is 0.255 e. The second-order valence-corrected chi connectivity index (χ2v) is 5.96. The van der Waals surface area contributed by atoms with Crippen LogP contribution in [0.5, 0.6) is 0 Å². The van der Waals surface area contributed by atoms with E-state index in [0.717, 1.165) is 11.3 Å². The number of hydrogen-bond acceptors (Lipinski definition) is 3. The van der Waals surface area contributed by atoms with E-state index in [1.807, 2.05) is 36.4 Å². The molecule has 0 aliphatic heterocycles. The van der Waals surface area contributed by atoms with Gasteiger partial charge in [0.25, 0.3) is 5.91 Å². The van der Waals surface area contributed by atoms with E-state index in [1.165, 1.54) is 5.56 Å². The third-order valence-electron chi connectivity index (χ3n) is 3.97. The van der Waals surface area contributed by atoms with E-state index in [-0.39, 0.29) is 5.91 Å². The fraction of sp³-hybridized carbons (Fsp3) is 0.0952. The van der Waals surface area contributed by atoms with Crippen molar-refractivity contribution in [2.45, 2.75) is 13.5 Å². The largest absolute Gasteiger partial charge is 0.397 e. The summed E-state index contributed by atoms with van der Waals surface area (Å²) in [5, 5.41) is 6.20. The summed E-state index contributed by atoms with van der Waals surface area (Å²) in [5.41, 5.74) is 11.0. The fourth-order valence-corrected chi connectivity index (χ4v) is 2.45. The van der Waals surface area contributed by atoms with Gasteiger partial charge in [-0.2, -0.15) is 0 Å². The molecule has 0 aromatic heterocycles. The Morgan fingerprint density at radius 2 is 1.60 bits per heavy atom. The SMILES string of the molecule is Cc1ccc(NCc2ccc(C(=O)Nc3ccccc3N)cc2)cc1. The third-order valence-corrected chi connectivity index (χ3v) is 3.97. The van der Waals surface area contributed by atoms with Crippen molar-refractivity contribution >= 4 is 23.0 Å². The average molecular weight is 331 g/mol. The maximum atomic E-state index is 12.3. The molecule has 0 heterocycles. The zero-order valence-corrected chi connectivity index (χ0v) is 14.1. The molecule has 4 nitrogen and oxygen atoms in total. The Kier molecular flexibility index (Phi) is 5.00. The van der Waals surface area contributed by atoms with Crippen molar-refractivity contribution in [3.8, 4) is 0 Å². The Morgan fingerprint density at radius 3 is 2.28 bits per heavy atom. The van der Waals surface area contributed by atoms with Gasteiger partial charge in [-0.3, -0.25) is 4.79 Å².